The van der Waals surface area contributed by atoms with E-state index in [1.807, 2.05) is 6.92 Å². The minimum Gasteiger partial charge on any atom is -0.493 e. The van der Waals surface area contributed by atoms with Crippen molar-refractivity contribution in [1.29, 1.82) is 0 Å². The van der Waals surface area contributed by atoms with Gasteiger partial charge in [0.15, 0.2) is 17.7 Å². The molecule has 3 aromatic rings. The van der Waals surface area contributed by atoms with Crippen LogP contribution in [0.1, 0.15) is 118 Å². The summed E-state index contributed by atoms with van der Waals surface area (Å²) in [6.07, 6.45) is 5.02. The molecule has 256 valence electrons. The van der Waals surface area contributed by atoms with Crippen molar-refractivity contribution in [3.63, 3.8) is 0 Å². The second-order valence-electron chi connectivity index (χ2n) is 11.7. The third-order valence-electron chi connectivity index (χ3n) is 7.88. The van der Waals surface area contributed by atoms with Crippen LogP contribution in [0.2, 0.25) is 0 Å². The van der Waals surface area contributed by atoms with Gasteiger partial charge >= 0.3 is 18.1 Å². The number of unbranched alkanes of at least 4 members (excludes halogenated alkanes) is 10. The highest BCUT2D eigenvalue weighted by Gasteiger charge is 2.42. The van der Waals surface area contributed by atoms with E-state index in [-0.39, 0.29) is 23.3 Å². The van der Waals surface area contributed by atoms with Crippen LogP contribution in [-0.2, 0) is 4.74 Å². The second-order valence-corrected chi connectivity index (χ2v) is 11.7. The lowest BCUT2D eigenvalue weighted by atomic mass is 10.0. The first-order chi connectivity index (χ1) is 22.6. The van der Waals surface area contributed by atoms with Gasteiger partial charge in [0.1, 0.15) is 5.75 Å². The summed E-state index contributed by atoms with van der Waals surface area (Å²) < 4.78 is 70.6. The van der Waals surface area contributed by atoms with E-state index in [9.17, 15) is 27.2 Å². The number of hydrogen-bond donors (Lipinski definition) is 0. The third-order valence-corrected chi connectivity index (χ3v) is 7.88. The molecular formula is C38H46F4O5. The first kappa shape index (κ1) is 37.6. The van der Waals surface area contributed by atoms with E-state index in [1.54, 1.807) is 30.3 Å². The fourth-order valence-electron chi connectivity index (χ4n) is 5.08. The summed E-state index contributed by atoms with van der Waals surface area (Å²) in [6.45, 7) is 4.65. The summed E-state index contributed by atoms with van der Waals surface area (Å²) in [4.78, 5) is 25.1. The molecule has 0 amide bonds. The van der Waals surface area contributed by atoms with Gasteiger partial charge in [-0.3, -0.25) is 0 Å². The van der Waals surface area contributed by atoms with E-state index >= 15 is 0 Å². The van der Waals surface area contributed by atoms with Crippen LogP contribution in [0.5, 0.6) is 11.5 Å². The maximum absolute atomic E-state index is 14.6. The monoisotopic (exact) mass is 658 g/mol. The zero-order chi connectivity index (χ0) is 34.1. The number of hydrogen-bond acceptors (Lipinski definition) is 5. The molecule has 47 heavy (non-hydrogen) atoms. The van der Waals surface area contributed by atoms with Crippen LogP contribution in [-0.4, -0.2) is 30.8 Å². The smallest absolute Gasteiger partial charge is 0.425 e. The van der Waals surface area contributed by atoms with Gasteiger partial charge in [0.25, 0.3) is 0 Å². The Morgan fingerprint density at radius 2 is 1.17 bits per heavy atom. The summed E-state index contributed by atoms with van der Waals surface area (Å²) >= 11 is 0. The normalized spacial score (nSPS) is 12.0. The summed E-state index contributed by atoms with van der Waals surface area (Å²) in [6, 6.07) is 16.4. The Labute approximate surface area is 275 Å². The van der Waals surface area contributed by atoms with Crippen LogP contribution < -0.4 is 9.47 Å². The highest BCUT2D eigenvalue weighted by molar-refractivity contribution is 5.92. The van der Waals surface area contributed by atoms with Crippen LogP contribution in [0, 0.1) is 5.82 Å². The molecule has 0 aliphatic rings. The van der Waals surface area contributed by atoms with Gasteiger partial charge in [0, 0.05) is 6.07 Å². The molecule has 1 atom stereocenters. The van der Waals surface area contributed by atoms with Gasteiger partial charge < -0.3 is 14.2 Å². The molecule has 1 unspecified atom stereocenters. The SMILES string of the molecule is CCCCCCCCCCOc1ccc(OC(=O)c2ccc(-c3ccc(C(=O)OC(CCCCCC)C(F)(F)F)cc3)cc2)c(F)c1. The minimum atomic E-state index is -4.64. The van der Waals surface area contributed by atoms with Crippen LogP contribution in [0.25, 0.3) is 11.1 Å². The molecule has 3 rings (SSSR count). The van der Waals surface area contributed by atoms with Crippen molar-refractivity contribution >= 4 is 11.9 Å². The standard InChI is InChI=1S/C38H46F4O5/c1-3-5-7-9-10-11-12-14-26-45-32-24-25-34(33(39)27-32)46-36(43)30-20-16-28(17-21-30)29-18-22-31(23-19-29)37(44)47-35(38(40,41)42)15-13-8-6-4-2/h16-25,27,35H,3-15,26H2,1-2H3. The number of carbonyl (C=O) groups excluding carboxylic acids is 2. The van der Waals surface area contributed by atoms with Crippen LogP contribution >= 0.6 is 0 Å². The maximum atomic E-state index is 14.6. The quantitative estimate of drug-likeness (QED) is 0.0523. The predicted octanol–water partition coefficient (Wildman–Crippen LogP) is 11.3. The Kier molecular flexibility index (Phi) is 15.8. The molecule has 0 spiro atoms. The number of esters is 2. The Bertz CT molecular complexity index is 1370. The Morgan fingerprint density at radius 1 is 0.660 bits per heavy atom. The van der Waals surface area contributed by atoms with Gasteiger partial charge in [-0.15, -0.1) is 0 Å². The number of alkyl halides is 3. The molecule has 0 fully saturated rings. The van der Waals surface area contributed by atoms with Crippen LogP contribution in [0.3, 0.4) is 0 Å². The average Bonchev–Trinajstić information content (AvgIpc) is 3.06. The molecule has 0 aliphatic carbocycles. The molecule has 3 aromatic carbocycles. The van der Waals surface area contributed by atoms with Crippen molar-refractivity contribution in [1.82, 2.24) is 0 Å². The van der Waals surface area contributed by atoms with Crippen LogP contribution in [0.15, 0.2) is 66.7 Å². The molecule has 0 aromatic heterocycles. The van der Waals surface area contributed by atoms with Crippen LogP contribution in [0.4, 0.5) is 17.6 Å². The molecule has 0 saturated heterocycles. The van der Waals surface area contributed by atoms with E-state index in [4.69, 9.17) is 14.2 Å². The first-order valence-corrected chi connectivity index (χ1v) is 16.7. The summed E-state index contributed by atoms with van der Waals surface area (Å²) in [5.41, 5.74) is 1.56. The second kappa shape index (κ2) is 19.7. The average molecular weight is 659 g/mol. The number of benzene rings is 3. The molecule has 0 aliphatic heterocycles. The van der Waals surface area contributed by atoms with E-state index in [0.29, 0.717) is 36.3 Å². The molecule has 0 heterocycles. The number of carbonyl (C=O) groups is 2. The lowest BCUT2D eigenvalue weighted by Gasteiger charge is -2.20. The summed E-state index contributed by atoms with van der Waals surface area (Å²) in [5, 5.41) is 0. The summed E-state index contributed by atoms with van der Waals surface area (Å²) in [5.74, 6) is -2.33. The van der Waals surface area contributed by atoms with Crippen molar-refractivity contribution in [3.8, 4) is 22.6 Å². The fourth-order valence-corrected chi connectivity index (χ4v) is 5.08. The summed E-state index contributed by atoms with van der Waals surface area (Å²) in [7, 11) is 0. The van der Waals surface area contributed by atoms with Crippen molar-refractivity contribution < 1.29 is 41.4 Å². The molecule has 0 radical (unpaired) electrons. The van der Waals surface area contributed by atoms with Gasteiger partial charge in [0.2, 0.25) is 0 Å². The fraction of sp³-hybridized carbons (Fsp3) is 0.474. The number of rotatable bonds is 20. The Balaban J connectivity index is 1.49. The molecule has 9 heteroatoms. The Hall–Kier alpha value is -3.88. The maximum Gasteiger partial charge on any atom is 0.425 e. The molecule has 0 saturated carbocycles. The van der Waals surface area contributed by atoms with E-state index in [2.05, 4.69) is 6.92 Å². The van der Waals surface area contributed by atoms with Crippen molar-refractivity contribution in [2.24, 2.45) is 0 Å². The highest BCUT2D eigenvalue weighted by Crippen LogP contribution is 2.29. The Morgan fingerprint density at radius 3 is 1.70 bits per heavy atom. The number of halogens is 4. The molecule has 5 nitrogen and oxygen atoms in total. The van der Waals surface area contributed by atoms with E-state index < -0.39 is 30.0 Å². The van der Waals surface area contributed by atoms with E-state index in [0.717, 1.165) is 32.1 Å². The molecule has 0 N–H and O–H groups in total. The van der Waals surface area contributed by atoms with E-state index in [1.165, 1.54) is 68.5 Å². The van der Waals surface area contributed by atoms with Gasteiger partial charge in [-0.25, -0.2) is 14.0 Å². The molecular weight excluding hydrogens is 612 g/mol. The molecule has 0 bridgehead atoms. The zero-order valence-electron chi connectivity index (χ0n) is 27.4. The highest BCUT2D eigenvalue weighted by atomic mass is 19.4. The van der Waals surface area contributed by atoms with Gasteiger partial charge in [-0.1, -0.05) is 102 Å². The lowest BCUT2D eigenvalue weighted by Crippen LogP contribution is -2.33. The topological polar surface area (TPSA) is 61.8 Å². The van der Waals surface area contributed by atoms with Gasteiger partial charge in [-0.05, 0) is 66.8 Å². The zero-order valence-corrected chi connectivity index (χ0v) is 27.4. The van der Waals surface area contributed by atoms with Crippen molar-refractivity contribution in [3.05, 3.63) is 83.7 Å². The minimum absolute atomic E-state index is 0.00312. The number of ether oxygens (including phenoxy) is 3. The van der Waals surface area contributed by atoms with Crippen molar-refractivity contribution in [2.45, 2.75) is 110 Å². The van der Waals surface area contributed by atoms with Crippen molar-refractivity contribution in [2.75, 3.05) is 6.61 Å². The predicted molar refractivity (Wildman–Crippen MR) is 175 cm³/mol. The first-order valence-electron chi connectivity index (χ1n) is 16.7. The van der Waals surface area contributed by atoms with Gasteiger partial charge in [-0.2, -0.15) is 13.2 Å². The third kappa shape index (κ3) is 13.0. The largest absolute Gasteiger partial charge is 0.493 e. The van der Waals surface area contributed by atoms with Gasteiger partial charge in [0.05, 0.1) is 17.7 Å². The lowest BCUT2D eigenvalue weighted by molar-refractivity contribution is -0.206.